The largest absolute Gasteiger partial charge is 0.495 e. The summed E-state index contributed by atoms with van der Waals surface area (Å²) in [5.74, 6) is 0.311. The lowest BCUT2D eigenvalue weighted by atomic mass is 10.2. The third-order valence-electron chi connectivity index (χ3n) is 3.43. The number of carbonyl (C=O) groups is 1. The molecule has 0 saturated carbocycles. The Morgan fingerprint density at radius 2 is 1.88 bits per heavy atom. The van der Waals surface area contributed by atoms with Crippen molar-refractivity contribution in [3.05, 3.63) is 66.2 Å². The van der Waals surface area contributed by atoms with Crippen LogP contribution in [0.15, 0.2) is 59.0 Å². The second kappa shape index (κ2) is 6.45. The van der Waals surface area contributed by atoms with Gasteiger partial charge in [0.05, 0.1) is 12.8 Å². The van der Waals surface area contributed by atoms with Gasteiger partial charge in [0.25, 0.3) is 5.91 Å². The van der Waals surface area contributed by atoms with E-state index in [-0.39, 0.29) is 11.6 Å². The number of hydrogen-bond donors (Lipinski definition) is 2. The molecule has 1 amide bonds. The van der Waals surface area contributed by atoms with E-state index in [0.29, 0.717) is 28.4 Å². The van der Waals surface area contributed by atoms with E-state index in [4.69, 9.17) is 14.9 Å². The molecule has 0 atom stereocenters. The van der Waals surface area contributed by atoms with Crippen molar-refractivity contribution in [2.24, 2.45) is 0 Å². The lowest BCUT2D eigenvalue weighted by Gasteiger charge is -2.09. The fourth-order valence-corrected chi connectivity index (χ4v) is 2.24. The number of nitrogens with one attached hydrogen (secondary N) is 1. The molecule has 0 spiro atoms. The molecule has 6 heteroatoms. The zero-order valence-electron chi connectivity index (χ0n) is 12.9. The van der Waals surface area contributed by atoms with Crippen LogP contribution in [0.2, 0.25) is 0 Å². The maximum atomic E-state index is 13.0. The Morgan fingerprint density at radius 1 is 1.12 bits per heavy atom. The summed E-state index contributed by atoms with van der Waals surface area (Å²) < 4.78 is 23.7. The van der Waals surface area contributed by atoms with Gasteiger partial charge in [-0.05, 0) is 54.6 Å². The highest BCUT2D eigenvalue weighted by Crippen LogP contribution is 2.28. The van der Waals surface area contributed by atoms with Gasteiger partial charge in [-0.25, -0.2) is 4.39 Å². The number of halogens is 1. The molecule has 1 heterocycles. The zero-order chi connectivity index (χ0) is 17.1. The lowest BCUT2D eigenvalue weighted by molar-refractivity contribution is 0.0997. The quantitative estimate of drug-likeness (QED) is 0.712. The van der Waals surface area contributed by atoms with Crippen LogP contribution in [0.4, 0.5) is 15.8 Å². The highest BCUT2D eigenvalue weighted by atomic mass is 19.1. The average molecular weight is 326 g/mol. The first-order valence-electron chi connectivity index (χ1n) is 7.17. The highest BCUT2D eigenvalue weighted by molar-refractivity contribution is 6.03. The number of hydrogen-bond acceptors (Lipinski definition) is 4. The number of furan rings is 1. The maximum Gasteiger partial charge on any atom is 0.291 e. The molecule has 0 radical (unpaired) electrons. The average Bonchev–Trinajstić information content (AvgIpc) is 3.06. The second-order valence-electron chi connectivity index (χ2n) is 5.08. The predicted molar refractivity (Wildman–Crippen MR) is 89.5 cm³/mol. The summed E-state index contributed by atoms with van der Waals surface area (Å²) in [6, 6.07) is 14.0. The number of nitrogen functional groups attached to an aromatic ring is 1. The number of rotatable bonds is 4. The molecule has 2 aromatic carbocycles. The van der Waals surface area contributed by atoms with Gasteiger partial charge >= 0.3 is 0 Å². The first-order valence-corrected chi connectivity index (χ1v) is 7.17. The summed E-state index contributed by atoms with van der Waals surface area (Å²) in [5.41, 5.74) is 7.35. The van der Waals surface area contributed by atoms with E-state index in [0.717, 1.165) is 0 Å². The summed E-state index contributed by atoms with van der Waals surface area (Å²) >= 11 is 0. The topological polar surface area (TPSA) is 77.5 Å². The number of amides is 1. The van der Waals surface area contributed by atoms with Crippen LogP contribution in [-0.4, -0.2) is 13.0 Å². The van der Waals surface area contributed by atoms with Crippen molar-refractivity contribution in [1.82, 2.24) is 0 Å². The first kappa shape index (κ1) is 15.6. The van der Waals surface area contributed by atoms with Gasteiger partial charge in [-0.1, -0.05) is 0 Å². The Bertz CT molecular complexity index is 872. The molecular weight excluding hydrogens is 311 g/mol. The van der Waals surface area contributed by atoms with Crippen molar-refractivity contribution in [3.8, 4) is 17.1 Å². The van der Waals surface area contributed by atoms with E-state index in [1.54, 1.807) is 42.5 Å². The smallest absolute Gasteiger partial charge is 0.291 e. The molecule has 0 fully saturated rings. The fraction of sp³-hybridized carbons (Fsp3) is 0.0556. The van der Waals surface area contributed by atoms with Crippen molar-refractivity contribution < 1.29 is 18.3 Å². The minimum Gasteiger partial charge on any atom is -0.495 e. The number of methoxy groups -OCH3 is 1. The van der Waals surface area contributed by atoms with Crippen LogP contribution < -0.4 is 15.8 Å². The van der Waals surface area contributed by atoms with E-state index in [1.165, 1.54) is 19.2 Å². The van der Waals surface area contributed by atoms with Crippen LogP contribution in [0, 0.1) is 5.82 Å². The molecule has 3 aromatic rings. The number of benzene rings is 2. The number of carbonyl (C=O) groups excluding carboxylic acids is 1. The van der Waals surface area contributed by atoms with Crippen molar-refractivity contribution in [1.29, 1.82) is 0 Å². The number of anilines is 2. The fourth-order valence-electron chi connectivity index (χ4n) is 2.24. The molecule has 0 aliphatic carbocycles. The highest BCUT2D eigenvalue weighted by Gasteiger charge is 2.15. The molecule has 24 heavy (non-hydrogen) atoms. The van der Waals surface area contributed by atoms with E-state index in [1.807, 2.05) is 0 Å². The molecule has 0 aliphatic heterocycles. The van der Waals surface area contributed by atoms with E-state index < -0.39 is 5.91 Å². The molecule has 0 aliphatic rings. The molecule has 5 nitrogen and oxygen atoms in total. The minimum absolute atomic E-state index is 0.124. The standard InChI is InChI=1S/C18H15FN2O3/c1-23-16-7-6-13(20)10-14(16)21-18(22)17-9-8-15(24-17)11-2-4-12(19)5-3-11/h2-10H,20H2,1H3,(H,21,22). The van der Waals surface area contributed by atoms with Crippen LogP contribution in [-0.2, 0) is 0 Å². The zero-order valence-corrected chi connectivity index (χ0v) is 12.9. The maximum absolute atomic E-state index is 13.0. The van der Waals surface area contributed by atoms with E-state index in [2.05, 4.69) is 5.32 Å². The molecule has 0 bridgehead atoms. The molecule has 0 unspecified atom stereocenters. The summed E-state index contributed by atoms with van der Waals surface area (Å²) in [5, 5.41) is 2.69. The van der Waals surface area contributed by atoms with Gasteiger partial charge in [-0.15, -0.1) is 0 Å². The third-order valence-corrected chi connectivity index (χ3v) is 3.43. The van der Waals surface area contributed by atoms with Gasteiger partial charge in [0.2, 0.25) is 0 Å². The molecule has 1 aromatic heterocycles. The van der Waals surface area contributed by atoms with Crippen LogP contribution in [0.5, 0.6) is 5.75 Å². The molecule has 122 valence electrons. The van der Waals surface area contributed by atoms with Gasteiger partial charge in [-0.2, -0.15) is 0 Å². The van der Waals surface area contributed by atoms with E-state index in [9.17, 15) is 9.18 Å². The Morgan fingerprint density at radius 3 is 2.58 bits per heavy atom. The minimum atomic E-state index is -0.438. The van der Waals surface area contributed by atoms with Gasteiger partial charge in [-0.3, -0.25) is 4.79 Å². The summed E-state index contributed by atoms with van der Waals surface area (Å²) in [7, 11) is 1.50. The van der Waals surface area contributed by atoms with E-state index >= 15 is 0 Å². The molecule has 0 saturated heterocycles. The van der Waals surface area contributed by atoms with Crippen LogP contribution in [0.25, 0.3) is 11.3 Å². The Hall–Kier alpha value is -3.28. The van der Waals surface area contributed by atoms with Gasteiger partial charge < -0.3 is 20.2 Å². The number of nitrogens with two attached hydrogens (primary N) is 1. The van der Waals surface area contributed by atoms with Crippen LogP contribution >= 0.6 is 0 Å². The summed E-state index contributed by atoms with van der Waals surface area (Å²) in [6.45, 7) is 0. The monoisotopic (exact) mass is 326 g/mol. The lowest BCUT2D eigenvalue weighted by Crippen LogP contribution is -2.12. The third kappa shape index (κ3) is 3.22. The molecule has 3 rings (SSSR count). The summed E-state index contributed by atoms with van der Waals surface area (Å²) in [6.07, 6.45) is 0. The second-order valence-corrected chi connectivity index (χ2v) is 5.08. The van der Waals surface area contributed by atoms with Crippen molar-refractivity contribution in [3.63, 3.8) is 0 Å². The van der Waals surface area contributed by atoms with Gasteiger partial charge in [0.1, 0.15) is 17.3 Å². The molecule has 3 N–H and O–H groups in total. The Labute approximate surface area is 137 Å². The van der Waals surface area contributed by atoms with Gasteiger partial charge in [0.15, 0.2) is 5.76 Å². The predicted octanol–water partition coefficient (Wildman–Crippen LogP) is 3.93. The van der Waals surface area contributed by atoms with Gasteiger partial charge in [0, 0.05) is 11.3 Å². The van der Waals surface area contributed by atoms with Crippen molar-refractivity contribution >= 4 is 17.3 Å². The van der Waals surface area contributed by atoms with Crippen molar-refractivity contribution in [2.75, 3.05) is 18.2 Å². The SMILES string of the molecule is COc1ccc(N)cc1NC(=O)c1ccc(-c2ccc(F)cc2)o1. The van der Waals surface area contributed by atoms with Crippen molar-refractivity contribution in [2.45, 2.75) is 0 Å². The number of ether oxygens (including phenoxy) is 1. The summed E-state index contributed by atoms with van der Waals surface area (Å²) in [4.78, 5) is 12.3. The first-order chi connectivity index (χ1) is 11.6. The Balaban J connectivity index is 1.81. The van der Waals surface area contributed by atoms with Crippen LogP contribution in [0.1, 0.15) is 10.6 Å². The molecular formula is C18H15FN2O3. The normalized spacial score (nSPS) is 10.4. The van der Waals surface area contributed by atoms with Crippen LogP contribution in [0.3, 0.4) is 0 Å². The Kier molecular flexibility index (Phi) is 4.20.